The van der Waals surface area contributed by atoms with E-state index >= 15 is 0 Å². The zero-order chi connectivity index (χ0) is 18.3. The second-order valence-corrected chi connectivity index (χ2v) is 6.84. The third-order valence-corrected chi connectivity index (χ3v) is 4.80. The van der Waals surface area contributed by atoms with Crippen molar-refractivity contribution in [2.24, 2.45) is 0 Å². The van der Waals surface area contributed by atoms with E-state index in [0.29, 0.717) is 25.0 Å². The van der Waals surface area contributed by atoms with Gasteiger partial charge in [0.25, 0.3) is 0 Å². The zero-order valence-electron chi connectivity index (χ0n) is 14.7. The summed E-state index contributed by atoms with van der Waals surface area (Å²) in [5, 5.41) is 4.15. The highest BCUT2D eigenvalue weighted by Crippen LogP contribution is 2.32. The van der Waals surface area contributed by atoms with Crippen molar-refractivity contribution in [2.45, 2.75) is 13.2 Å². The van der Waals surface area contributed by atoms with Crippen molar-refractivity contribution >= 4 is 11.3 Å². The molecule has 0 aliphatic rings. The summed E-state index contributed by atoms with van der Waals surface area (Å²) in [6, 6.07) is 26.1. The number of thiophene rings is 1. The largest absolute Gasteiger partial charge is 0.473 e. The van der Waals surface area contributed by atoms with Gasteiger partial charge >= 0.3 is 0 Å². The molecule has 0 aliphatic heterocycles. The second-order valence-electron chi connectivity index (χ2n) is 6.06. The number of aromatic nitrogens is 1. The summed E-state index contributed by atoms with van der Waals surface area (Å²) in [5.41, 5.74) is 4.28. The Balaban J connectivity index is 1.55. The Kier molecular flexibility index (Phi) is 5.46. The molecule has 0 saturated heterocycles. The Hall–Kier alpha value is -3.11. The Labute approximate surface area is 162 Å². The molecule has 4 rings (SSSR count). The van der Waals surface area contributed by atoms with Crippen LogP contribution in [-0.2, 0) is 13.2 Å². The van der Waals surface area contributed by atoms with Crippen LogP contribution >= 0.6 is 11.3 Å². The van der Waals surface area contributed by atoms with Crippen molar-refractivity contribution in [1.82, 2.24) is 4.98 Å². The Morgan fingerprint density at radius 1 is 0.704 bits per heavy atom. The maximum atomic E-state index is 6.05. The van der Waals surface area contributed by atoms with Crippen molar-refractivity contribution in [3.05, 3.63) is 101 Å². The monoisotopic (exact) mass is 373 g/mol. The molecule has 0 bridgehead atoms. The smallest absolute Gasteiger partial charge is 0.225 e. The van der Waals surface area contributed by atoms with Crippen LogP contribution in [0.3, 0.4) is 0 Å². The predicted molar refractivity (Wildman–Crippen MR) is 109 cm³/mol. The van der Waals surface area contributed by atoms with Crippen LogP contribution in [0.1, 0.15) is 11.1 Å². The predicted octanol–water partition coefficient (Wildman–Crippen LogP) is 5.97. The molecule has 3 nitrogen and oxygen atoms in total. The summed E-state index contributed by atoms with van der Waals surface area (Å²) in [6.07, 6.45) is 0. The molecule has 27 heavy (non-hydrogen) atoms. The summed E-state index contributed by atoms with van der Waals surface area (Å²) in [7, 11) is 0. The highest BCUT2D eigenvalue weighted by molar-refractivity contribution is 7.08. The molecule has 2 aromatic heterocycles. The molecule has 0 radical (unpaired) electrons. The third kappa shape index (κ3) is 4.54. The normalized spacial score (nSPS) is 10.5. The molecular formula is C23H19NO2S. The number of nitrogens with zero attached hydrogens (tertiary/aromatic N) is 1. The number of hydrogen-bond acceptors (Lipinski definition) is 4. The average Bonchev–Trinajstić information content (AvgIpc) is 3.27. The van der Waals surface area contributed by atoms with Gasteiger partial charge in [0, 0.05) is 11.6 Å². The van der Waals surface area contributed by atoms with Crippen LogP contribution < -0.4 is 9.47 Å². The molecule has 0 N–H and O–H groups in total. The van der Waals surface area contributed by atoms with Gasteiger partial charge < -0.3 is 9.47 Å². The van der Waals surface area contributed by atoms with Gasteiger partial charge in [0.1, 0.15) is 13.2 Å². The zero-order valence-corrected chi connectivity index (χ0v) is 15.6. The molecule has 0 saturated carbocycles. The lowest BCUT2D eigenvalue weighted by Crippen LogP contribution is -2.02. The van der Waals surface area contributed by atoms with Gasteiger partial charge in [0.15, 0.2) is 0 Å². The van der Waals surface area contributed by atoms with E-state index in [9.17, 15) is 0 Å². The van der Waals surface area contributed by atoms with Crippen LogP contribution in [0.2, 0.25) is 0 Å². The van der Waals surface area contributed by atoms with Gasteiger partial charge in [-0.25, -0.2) is 0 Å². The minimum atomic E-state index is 0.465. The highest BCUT2D eigenvalue weighted by atomic mass is 32.1. The van der Waals surface area contributed by atoms with E-state index in [2.05, 4.69) is 21.8 Å². The summed E-state index contributed by atoms with van der Waals surface area (Å²) >= 11 is 1.65. The van der Waals surface area contributed by atoms with E-state index in [4.69, 9.17) is 9.47 Å². The third-order valence-electron chi connectivity index (χ3n) is 4.11. The molecule has 4 aromatic rings. The first-order valence-corrected chi connectivity index (χ1v) is 9.70. The fourth-order valence-corrected chi connectivity index (χ4v) is 3.36. The lowest BCUT2D eigenvalue weighted by atomic mass is 10.1. The number of pyridine rings is 1. The summed E-state index contributed by atoms with van der Waals surface area (Å²) < 4.78 is 11.9. The molecule has 0 spiro atoms. The highest BCUT2D eigenvalue weighted by Gasteiger charge is 2.11. The van der Waals surface area contributed by atoms with Crippen molar-refractivity contribution in [3.63, 3.8) is 0 Å². The minimum absolute atomic E-state index is 0.465. The Morgan fingerprint density at radius 3 is 2.00 bits per heavy atom. The quantitative estimate of drug-likeness (QED) is 0.400. The lowest BCUT2D eigenvalue weighted by molar-refractivity contribution is 0.268. The first kappa shape index (κ1) is 17.3. The van der Waals surface area contributed by atoms with Crippen molar-refractivity contribution in [3.8, 4) is 22.9 Å². The minimum Gasteiger partial charge on any atom is -0.473 e. The summed E-state index contributed by atoms with van der Waals surface area (Å²) in [4.78, 5) is 4.62. The fraction of sp³-hybridized carbons (Fsp3) is 0.0870. The molecular weight excluding hydrogens is 354 g/mol. The van der Waals surface area contributed by atoms with Gasteiger partial charge in [0.05, 0.1) is 0 Å². The number of hydrogen-bond donors (Lipinski definition) is 0. The SMILES string of the molecule is c1ccc(COc2ccc(-c3ccsc3)c(OCc3ccccc3)n2)cc1. The van der Waals surface area contributed by atoms with Crippen LogP contribution in [0, 0.1) is 0 Å². The molecule has 0 unspecified atom stereocenters. The number of rotatable bonds is 7. The van der Waals surface area contributed by atoms with Crippen molar-refractivity contribution < 1.29 is 9.47 Å². The van der Waals surface area contributed by atoms with Gasteiger partial charge in [-0.1, -0.05) is 60.7 Å². The molecule has 0 fully saturated rings. The first-order valence-electron chi connectivity index (χ1n) is 8.75. The van der Waals surface area contributed by atoms with Crippen LogP contribution in [-0.4, -0.2) is 4.98 Å². The van der Waals surface area contributed by atoms with Gasteiger partial charge in [-0.15, -0.1) is 0 Å². The Bertz CT molecular complexity index is 970. The standard InChI is InChI=1S/C23H19NO2S/c1-3-7-18(8-4-1)15-25-22-12-11-21(20-13-14-27-17-20)23(24-22)26-16-19-9-5-2-6-10-19/h1-14,17H,15-16H2. The van der Waals surface area contributed by atoms with Crippen molar-refractivity contribution in [2.75, 3.05) is 0 Å². The molecule has 0 aliphatic carbocycles. The molecule has 2 aromatic carbocycles. The van der Waals surface area contributed by atoms with E-state index in [1.54, 1.807) is 11.3 Å². The number of benzene rings is 2. The van der Waals surface area contributed by atoms with Gasteiger partial charge in [-0.05, 0) is 39.6 Å². The summed E-state index contributed by atoms with van der Waals surface area (Å²) in [6.45, 7) is 0.941. The van der Waals surface area contributed by atoms with Crippen LogP contribution in [0.5, 0.6) is 11.8 Å². The van der Waals surface area contributed by atoms with Gasteiger partial charge in [-0.3, -0.25) is 0 Å². The average molecular weight is 373 g/mol. The van der Waals surface area contributed by atoms with E-state index < -0.39 is 0 Å². The van der Waals surface area contributed by atoms with Gasteiger partial charge in [-0.2, -0.15) is 16.3 Å². The molecule has 4 heteroatoms. The maximum Gasteiger partial charge on any atom is 0.225 e. The van der Waals surface area contributed by atoms with Crippen LogP contribution in [0.15, 0.2) is 89.6 Å². The molecule has 134 valence electrons. The molecule has 2 heterocycles. The van der Waals surface area contributed by atoms with E-state index in [-0.39, 0.29) is 0 Å². The topological polar surface area (TPSA) is 31.4 Å². The van der Waals surface area contributed by atoms with Gasteiger partial charge in [0.2, 0.25) is 11.8 Å². The van der Waals surface area contributed by atoms with Crippen LogP contribution in [0.25, 0.3) is 11.1 Å². The molecule has 0 amide bonds. The lowest BCUT2D eigenvalue weighted by Gasteiger charge is -2.12. The van der Waals surface area contributed by atoms with Crippen LogP contribution in [0.4, 0.5) is 0 Å². The van der Waals surface area contributed by atoms with Crippen molar-refractivity contribution in [1.29, 1.82) is 0 Å². The van der Waals surface area contributed by atoms with E-state index in [0.717, 1.165) is 22.3 Å². The summed E-state index contributed by atoms with van der Waals surface area (Å²) in [5.74, 6) is 1.14. The van der Waals surface area contributed by atoms with E-state index in [1.165, 1.54) is 0 Å². The maximum absolute atomic E-state index is 6.05. The Morgan fingerprint density at radius 2 is 1.37 bits per heavy atom. The first-order chi connectivity index (χ1) is 13.4. The second kappa shape index (κ2) is 8.52. The van der Waals surface area contributed by atoms with E-state index in [1.807, 2.05) is 72.8 Å². The fourth-order valence-electron chi connectivity index (χ4n) is 2.71. The number of ether oxygens (including phenoxy) is 2. The molecule has 0 atom stereocenters.